The maximum Gasteiger partial charge on any atom is 0.326 e. The van der Waals surface area contributed by atoms with E-state index in [1.165, 1.54) is 24.3 Å². The molecule has 0 radical (unpaired) electrons. The van der Waals surface area contributed by atoms with E-state index in [0.717, 1.165) is 0 Å². The van der Waals surface area contributed by atoms with Crippen LogP contribution in [0.4, 0.5) is 0 Å². The number of nitrogens with zero attached hydrogens (tertiary/aromatic N) is 2. The number of hydrogen-bond donors (Lipinski definition) is 11. The highest BCUT2D eigenvalue weighted by Crippen LogP contribution is 2.12. The maximum absolute atomic E-state index is 13.2. The summed E-state index contributed by atoms with van der Waals surface area (Å²) < 4.78 is 0. The number of guanidine groups is 2. The molecule has 0 heterocycles. The molecule has 4 amide bonds. The molecule has 17 N–H and O–H groups in total. The Kier molecular flexibility index (Phi) is 15.3. The molecule has 0 aliphatic heterocycles. The zero-order chi connectivity index (χ0) is 32.5. The Bertz CT molecular complexity index is 1170. The highest BCUT2D eigenvalue weighted by Gasteiger charge is 2.31. The molecule has 1 aromatic rings. The van der Waals surface area contributed by atoms with Gasteiger partial charge in [-0.05, 0) is 43.4 Å². The van der Waals surface area contributed by atoms with Gasteiger partial charge in [-0.1, -0.05) is 12.1 Å². The second-order valence-corrected chi connectivity index (χ2v) is 9.57. The summed E-state index contributed by atoms with van der Waals surface area (Å²) in [5.74, 6) is -5.17. The molecule has 0 bridgehead atoms. The van der Waals surface area contributed by atoms with Gasteiger partial charge in [0.25, 0.3) is 0 Å². The highest BCUT2D eigenvalue weighted by molar-refractivity contribution is 5.96. The van der Waals surface area contributed by atoms with Gasteiger partial charge in [0.05, 0.1) is 12.5 Å². The van der Waals surface area contributed by atoms with Crippen molar-refractivity contribution in [2.45, 2.75) is 62.7 Å². The van der Waals surface area contributed by atoms with Gasteiger partial charge >= 0.3 is 5.97 Å². The van der Waals surface area contributed by atoms with Crippen LogP contribution in [0.5, 0.6) is 5.75 Å². The third kappa shape index (κ3) is 14.9. The van der Waals surface area contributed by atoms with E-state index >= 15 is 0 Å². The summed E-state index contributed by atoms with van der Waals surface area (Å²) in [4.78, 5) is 70.2. The molecule has 0 aliphatic carbocycles. The summed E-state index contributed by atoms with van der Waals surface area (Å²) in [6.07, 6.45) is -0.0553. The number of hydrogen-bond acceptors (Lipinski definition) is 9. The van der Waals surface area contributed by atoms with Crippen LogP contribution in [0, 0.1) is 0 Å². The first-order valence-corrected chi connectivity index (χ1v) is 13.3. The van der Waals surface area contributed by atoms with E-state index in [1.54, 1.807) is 0 Å². The lowest BCUT2D eigenvalue weighted by Gasteiger charge is -2.25. The number of amides is 4. The first-order chi connectivity index (χ1) is 20.2. The molecule has 0 spiro atoms. The minimum Gasteiger partial charge on any atom is -0.508 e. The number of aromatic hydroxyl groups is 1. The first-order valence-electron chi connectivity index (χ1n) is 13.3. The molecule has 0 saturated carbocycles. The molecule has 0 aliphatic rings. The van der Waals surface area contributed by atoms with Crippen molar-refractivity contribution in [1.29, 1.82) is 0 Å². The number of nitrogens with one attached hydrogen (secondary N) is 3. The van der Waals surface area contributed by atoms with E-state index in [9.17, 15) is 34.2 Å². The predicted octanol–water partition coefficient (Wildman–Crippen LogP) is -4.22. The Balaban J connectivity index is 3.09. The number of phenols is 1. The van der Waals surface area contributed by atoms with Crippen molar-refractivity contribution in [2.24, 2.45) is 44.4 Å². The molecule has 4 atom stereocenters. The van der Waals surface area contributed by atoms with Crippen molar-refractivity contribution in [3.05, 3.63) is 29.8 Å². The van der Waals surface area contributed by atoms with Crippen molar-refractivity contribution in [1.82, 2.24) is 16.0 Å². The number of primary amides is 1. The second-order valence-electron chi connectivity index (χ2n) is 9.57. The van der Waals surface area contributed by atoms with Gasteiger partial charge < -0.3 is 60.6 Å². The van der Waals surface area contributed by atoms with Crippen LogP contribution < -0.4 is 50.4 Å². The third-order valence-corrected chi connectivity index (χ3v) is 5.91. The Morgan fingerprint density at radius 1 is 0.721 bits per heavy atom. The summed E-state index contributed by atoms with van der Waals surface area (Å²) >= 11 is 0. The van der Waals surface area contributed by atoms with Gasteiger partial charge in [-0.15, -0.1) is 0 Å². The molecule has 0 saturated heterocycles. The zero-order valence-corrected chi connectivity index (χ0v) is 23.6. The smallest absolute Gasteiger partial charge is 0.326 e. The number of aliphatic carboxylic acids is 1. The number of benzene rings is 1. The van der Waals surface area contributed by atoms with Crippen LogP contribution in [0.15, 0.2) is 34.3 Å². The molecule has 238 valence electrons. The fraction of sp³-hybridized carbons (Fsp3) is 0.480. The van der Waals surface area contributed by atoms with Gasteiger partial charge in [-0.25, -0.2) is 4.79 Å². The fourth-order valence-corrected chi connectivity index (χ4v) is 3.72. The lowest BCUT2D eigenvalue weighted by molar-refractivity contribution is -0.142. The number of nitrogens with two attached hydrogens (primary N) is 6. The Morgan fingerprint density at radius 3 is 1.72 bits per heavy atom. The molecule has 0 fully saturated rings. The molecule has 4 unspecified atom stereocenters. The van der Waals surface area contributed by atoms with Crippen LogP contribution in [0.2, 0.25) is 0 Å². The SMILES string of the molecule is NC(=O)CC(NC(=O)C(N)CCCN=C(N)N)C(=O)NC(Cc1ccc(O)cc1)C(=O)NC(CCCN=C(N)N)C(=O)O. The average Bonchev–Trinajstić information content (AvgIpc) is 2.92. The van der Waals surface area contributed by atoms with E-state index in [2.05, 4.69) is 25.9 Å². The fourth-order valence-electron chi connectivity index (χ4n) is 3.72. The molecule has 1 aromatic carbocycles. The molecule has 18 heteroatoms. The van der Waals surface area contributed by atoms with E-state index in [4.69, 9.17) is 34.4 Å². The number of carboxylic acids is 1. The minimum atomic E-state index is -1.50. The van der Waals surface area contributed by atoms with Gasteiger partial charge in [-0.2, -0.15) is 0 Å². The van der Waals surface area contributed by atoms with Crippen LogP contribution in [0.3, 0.4) is 0 Å². The van der Waals surface area contributed by atoms with Gasteiger partial charge in [0.1, 0.15) is 23.9 Å². The number of carboxylic acid groups (broad SMARTS) is 1. The molecular weight excluding hydrogens is 566 g/mol. The minimum absolute atomic E-state index is 0.0286. The molecule has 43 heavy (non-hydrogen) atoms. The van der Waals surface area contributed by atoms with Crippen LogP contribution in [-0.4, -0.2) is 89.0 Å². The summed E-state index contributed by atoms with van der Waals surface area (Å²) in [5.41, 5.74) is 32.7. The topological polar surface area (TPSA) is 343 Å². The summed E-state index contributed by atoms with van der Waals surface area (Å²) in [7, 11) is 0. The summed E-state index contributed by atoms with van der Waals surface area (Å²) in [6.45, 7) is 0.342. The molecule has 1 rings (SSSR count). The standard InChI is InChI=1S/C25H41N11O7/c26-15(3-1-9-32-24(28)29)20(39)35-18(12-19(27)38)22(41)36-17(11-13-5-7-14(37)8-6-13)21(40)34-16(23(42)43)4-2-10-33-25(30)31/h5-8,15-18,37H,1-4,9-12,26H2,(H2,27,38)(H,34,40)(H,35,39)(H,36,41)(H,42,43)(H4,28,29,32)(H4,30,31,33). The lowest BCUT2D eigenvalue weighted by Crippen LogP contribution is -2.58. The van der Waals surface area contributed by atoms with E-state index < -0.39 is 60.2 Å². The van der Waals surface area contributed by atoms with Crippen molar-refractivity contribution in [3.63, 3.8) is 0 Å². The van der Waals surface area contributed by atoms with Crippen LogP contribution in [0.1, 0.15) is 37.7 Å². The van der Waals surface area contributed by atoms with E-state index in [-0.39, 0.29) is 56.4 Å². The quantitative estimate of drug-likeness (QED) is 0.0405. The van der Waals surface area contributed by atoms with Gasteiger partial charge in [0, 0.05) is 19.5 Å². The monoisotopic (exact) mass is 607 g/mol. The Labute approximate surface area is 247 Å². The zero-order valence-electron chi connectivity index (χ0n) is 23.6. The number of aliphatic imine (C=N–C) groups is 2. The highest BCUT2D eigenvalue weighted by atomic mass is 16.4. The predicted molar refractivity (Wildman–Crippen MR) is 157 cm³/mol. The van der Waals surface area contributed by atoms with Crippen LogP contribution in [-0.2, 0) is 30.4 Å². The van der Waals surface area contributed by atoms with Crippen molar-refractivity contribution >= 4 is 41.5 Å². The normalized spacial score (nSPS) is 13.3. The van der Waals surface area contributed by atoms with Crippen molar-refractivity contribution < 1.29 is 34.2 Å². The van der Waals surface area contributed by atoms with Crippen LogP contribution in [0.25, 0.3) is 0 Å². The lowest BCUT2D eigenvalue weighted by atomic mass is 10.0. The first kappa shape index (κ1) is 35.9. The van der Waals surface area contributed by atoms with Crippen LogP contribution >= 0.6 is 0 Å². The number of carbonyl (C=O) groups is 5. The molecular formula is C25H41N11O7. The van der Waals surface area contributed by atoms with Crippen molar-refractivity contribution in [2.75, 3.05) is 13.1 Å². The Morgan fingerprint density at radius 2 is 1.21 bits per heavy atom. The molecule has 0 aromatic heterocycles. The van der Waals surface area contributed by atoms with Gasteiger partial charge in [-0.3, -0.25) is 29.2 Å². The van der Waals surface area contributed by atoms with E-state index in [0.29, 0.717) is 12.0 Å². The largest absolute Gasteiger partial charge is 0.508 e. The average molecular weight is 608 g/mol. The van der Waals surface area contributed by atoms with Gasteiger partial charge in [0.2, 0.25) is 23.6 Å². The van der Waals surface area contributed by atoms with Gasteiger partial charge in [0.15, 0.2) is 11.9 Å². The maximum atomic E-state index is 13.2. The Hall–Kier alpha value is -5.13. The second kappa shape index (κ2) is 18.3. The van der Waals surface area contributed by atoms with Crippen molar-refractivity contribution in [3.8, 4) is 5.75 Å². The third-order valence-electron chi connectivity index (χ3n) is 5.91. The summed E-state index contributed by atoms with van der Waals surface area (Å²) in [6, 6.07) is 0.422. The number of carbonyl (C=O) groups excluding carboxylic acids is 4. The van der Waals surface area contributed by atoms with E-state index in [1.807, 2.05) is 0 Å². The number of rotatable bonds is 19. The summed E-state index contributed by atoms with van der Waals surface area (Å²) in [5, 5.41) is 26.4. The number of phenolic OH excluding ortho intramolecular Hbond substituents is 1. The molecule has 18 nitrogen and oxygen atoms in total.